The minimum Gasteiger partial charge on any atom is -0.368 e. The van der Waals surface area contributed by atoms with Crippen molar-refractivity contribution in [3.05, 3.63) is 121 Å². The van der Waals surface area contributed by atoms with E-state index in [4.69, 9.17) is 29.3 Å². The van der Waals surface area contributed by atoms with Crippen LogP contribution in [0.15, 0.2) is 121 Å². The van der Waals surface area contributed by atoms with Crippen LogP contribution in [0, 0.1) is 0 Å². The molecule has 0 aliphatic heterocycles. The SMILES string of the molecule is CC(=O)N[C@@H](C)C(=O)NC(C)(C)C(=O)N[C@@H](C)C(=O)N[C@@H](CP(=S)(c1ccccc1)c1ccccc1)C(=O)N[C@@H](C)C(=O)N[C@@H](C)C(=O)NC(C)(C)C(=O)N[C@@H](CP(=S)(c1ccccc1)c1ccccc1)C(=O)N[C@@H](C)C(=O)N[C@@H](C)C(=O)NC(C)(C)C(=O)N[C@@H](C)C(N)=O. The Kier molecular flexibility index (Phi) is 28.3. The van der Waals surface area contributed by atoms with Crippen molar-refractivity contribution in [2.24, 2.45) is 5.73 Å². The van der Waals surface area contributed by atoms with Gasteiger partial charge in [-0.25, -0.2) is 0 Å². The van der Waals surface area contributed by atoms with E-state index in [1.165, 1.54) is 96.9 Å². The number of nitrogens with one attached hydrogen (secondary N) is 12. The summed E-state index contributed by atoms with van der Waals surface area (Å²) in [6, 6.07) is 18.3. The summed E-state index contributed by atoms with van der Waals surface area (Å²) in [5, 5.41) is 33.7. The third kappa shape index (κ3) is 22.5. The van der Waals surface area contributed by atoms with Gasteiger partial charge in [-0.3, -0.25) is 62.3 Å². The molecule has 0 aliphatic rings. The molecule has 9 atom stereocenters. The molecule has 0 aromatic heterocycles. The summed E-state index contributed by atoms with van der Waals surface area (Å²) >= 11 is 13.0. The number of primary amides is 1. The van der Waals surface area contributed by atoms with Crippen molar-refractivity contribution >= 4 is 134 Å². The molecule has 0 heterocycles. The molecule has 4 rings (SSSR count). The molecular weight excluding hydrogens is 1300 g/mol. The number of hydrogen-bond acceptors (Lipinski definition) is 15. The number of rotatable bonds is 32. The molecule has 26 nitrogen and oxygen atoms in total. The summed E-state index contributed by atoms with van der Waals surface area (Å²) < 4.78 is 0. The average molecular weight is 1390 g/mol. The second-order valence-corrected chi connectivity index (χ2v) is 34.2. The number of amides is 13. The fraction of sp³-hybridized carbons (Fsp3) is 0.431. The lowest BCUT2D eigenvalue weighted by Crippen LogP contribution is -2.63. The normalized spacial score (nSPS) is 14.6. The van der Waals surface area contributed by atoms with Crippen molar-refractivity contribution in [3.8, 4) is 0 Å². The minimum absolute atomic E-state index is 0.156. The molecule has 4 aromatic carbocycles. The van der Waals surface area contributed by atoms with Gasteiger partial charge in [0.15, 0.2) is 0 Å². The van der Waals surface area contributed by atoms with Gasteiger partial charge >= 0.3 is 0 Å². The molecule has 0 fully saturated rings. The zero-order valence-electron chi connectivity index (χ0n) is 55.8. The molecule has 0 spiro atoms. The first-order valence-electron chi connectivity index (χ1n) is 30.5. The van der Waals surface area contributed by atoms with Gasteiger partial charge in [0.2, 0.25) is 76.8 Å². The van der Waals surface area contributed by atoms with Crippen LogP contribution >= 0.6 is 12.1 Å². The van der Waals surface area contributed by atoms with Gasteiger partial charge in [0.05, 0.1) is 0 Å². The topological polar surface area (TPSA) is 392 Å². The molecule has 0 saturated carbocycles. The van der Waals surface area contributed by atoms with E-state index in [-0.39, 0.29) is 12.3 Å². The highest BCUT2D eigenvalue weighted by molar-refractivity contribution is 8.22. The standard InChI is InChI=1S/C65H89N13O13P2S2/c1-37(51(66)80)72-60(89)63(9,10)77-56(85)42(6)68-53(82)39(3)71-59(88)50(36-93(95,47-31-23-17-24-32-47)48-33-25-18-26-34-48)75-62(91)65(13,14)78-57(86)43(7)69-52(81)38(2)70-58(87)49(35-92(94,45-27-19-15-20-28-45)46-29-21-16-22-30-46)74-54(83)40(4)73-61(90)64(11,12)76-55(84)41(5)67-44(8)79/h15-34,37-43,49-50H,35-36H2,1-14H3,(H2,66,80)(H,67,79)(H,68,82)(H,69,81)(H,70,87)(H,71,88)(H,72,89)(H,73,90)(H,74,83)(H,75,91)(H,76,84)(H,77,85)(H,78,86)/t37-,38-,39-,40-,41-,42-,43-,49-,50-/m0/s1. The summed E-state index contributed by atoms with van der Waals surface area (Å²) in [5.74, 6) is -10.2. The Morgan fingerprint density at radius 3 is 0.863 bits per heavy atom. The molecule has 0 unspecified atom stereocenters. The Morgan fingerprint density at radius 1 is 0.337 bits per heavy atom. The molecule has 14 N–H and O–H groups in total. The summed E-state index contributed by atoms with van der Waals surface area (Å²) in [6.45, 7) is 19.0. The van der Waals surface area contributed by atoms with Gasteiger partial charge < -0.3 is 69.5 Å². The fourth-order valence-corrected chi connectivity index (χ4v) is 17.1. The first kappa shape index (κ1) is 78.7. The van der Waals surface area contributed by atoms with Crippen molar-refractivity contribution in [2.75, 3.05) is 12.3 Å². The van der Waals surface area contributed by atoms with E-state index in [9.17, 15) is 62.3 Å². The third-order valence-corrected chi connectivity index (χ3v) is 24.9. The van der Waals surface area contributed by atoms with Crippen molar-refractivity contribution < 1.29 is 62.3 Å². The van der Waals surface area contributed by atoms with E-state index < -0.39 is 160 Å². The molecule has 13 amide bonds. The van der Waals surface area contributed by atoms with Crippen LogP contribution in [0.1, 0.15) is 96.9 Å². The molecule has 0 radical (unpaired) electrons. The Morgan fingerprint density at radius 2 is 0.568 bits per heavy atom. The Bertz CT molecular complexity index is 3500. The molecule has 0 bridgehead atoms. The van der Waals surface area contributed by atoms with Crippen molar-refractivity contribution in [1.82, 2.24) is 63.8 Å². The number of carbonyl (C=O) groups is 13. The van der Waals surface area contributed by atoms with Gasteiger partial charge in [-0.2, -0.15) is 0 Å². The highest BCUT2D eigenvalue weighted by atomic mass is 32.4. The van der Waals surface area contributed by atoms with Crippen molar-refractivity contribution in [2.45, 2.75) is 168 Å². The molecule has 0 saturated heterocycles. The Balaban J connectivity index is 1.56. The fourth-order valence-electron chi connectivity index (χ4n) is 9.18. The number of hydrogen-bond donors (Lipinski definition) is 13. The highest BCUT2D eigenvalue weighted by Crippen LogP contribution is 2.45. The van der Waals surface area contributed by atoms with E-state index >= 15 is 0 Å². The Labute approximate surface area is 564 Å². The van der Waals surface area contributed by atoms with Gasteiger partial charge in [-0.05, 0) is 111 Å². The van der Waals surface area contributed by atoms with Gasteiger partial charge in [-0.1, -0.05) is 145 Å². The molecule has 514 valence electrons. The molecule has 0 aliphatic carbocycles. The van der Waals surface area contributed by atoms with Crippen LogP contribution in [0.2, 0.25) is 0 Å². The predicted molar refractivity (Wildman–Crippen MR) is 371 cm³/mol. The van der Waals surface area contributed by atoms with E-state index in [2.05, 4.69) is 63.8 Å². The largest absolute Gasteiger partial charge is 0.368 e. The summed E-state index contributed by atoms with van der Waals surface area (Å²) in [5.41, 5.74) is 0.290. The first-order valence-corrected chi connectivity index (χ1v) is 36.5. The van der Waals surface area contributed by atoms with E-state index in [0.29, 0.717) is 21.2 Å². The van der Waals surface area contributed by atoms with Crippen LogP contribution in [0.5, 0.6) is 0 Å². The van der Waals surface area contributed by atoms with Crippen molar-refractivity contribution in [1.29, 1.82) is 0 Å². The maximum absolute atomic E-state index is 14.6. The lowest BCUT2D eigenvalue weighted by atomic mass is 10.0. The van der Waals surface area contributed by atoms with Gasteiger partial charge in [0, 0.05) is 31.3 Å². The maximum Gasteiger partial charge on any atom is 0.245 e. The Hall–Kier alpha value is -8.71. The number of carbonyl (C=O) groups excluding carboxylic acids is 13. The van der Waals surface area contributed by atoms with Crippen LogP contribution < -0.4 is 90.8 Å². The quantitative estimate of drug-likeness (QED) is 0.0259. The second kappa shape index (κ2) is 34.1. The molecule has 4 aromatic rings. The maximum atomic E-state index is 14.6. The predicted octanol–water partition coefficient (Wildman–Crippen LogP) is -1.06. The number of benzene rings is 4. The zero-order chi connectivity index (χ0) is 71.6. The van der Waals surface area contributed by atoms with Crippen LogP contribution in [0.4, 0.5) is 0 Å². The van der Waals surface area contributed by atoms with E-state index in [1.54, 1.807) is 72.8 Å². The first-order chi connectivity index (χ1) is 44.1. The lowest BCUT2D eigenvalue weighted by molar-refractivity contribution is -0.137. The molecule has 30 heteroatoms. The molecular formula is C65H89N13O13P2S2. The van der Waals surface area contributed by atoms with Gasteiger partial charge in [-0.15, -0.1) is 0 Å². The van der Waals surface area contributed by atoms with Gasteiger partial charge in [0.1, 0.15) is 71.0 Å². The van der Waals surface area contributed by atoms with Crippen LogP contribution in [0.25, 0.3) is 0 Å². The molecule has 95 heavy (non-hydrogen) atoms. The van der Waals surface area contributed by atoms with Crippen LogP contribution in [0.3, 0.4) is 0 Å². The summed E-state index contributed by atoms with van der Waals surface area (Å²) in [7, 11) is 0. The number of nitrogens with two attached hydrogens (primary N) is 1. The average Bonchev–Trinajstić information content (AvgIpc) is 0.813. The zero-order valence-corrected chi connectivity index (χ0v) is 59.2. The summed E-state index contributed by atoms with van der Waals surface area (Å²) in [6.07, 6.45) is -0.335. The monoisotopic (exact) mass is 1390 g/mol. The van der Waals surface area contributed by atoms with Crippen LogP contribution in [-0.2, 0) is 85.9 Å². The highest BCUT2D eigenvalue weighted by Gasteiger charge is 2.41. The smallest absolute Gasteiger partial charge is 0.245 e. The van der Waals surface area contributed by atoms with Gasteiger partial charge in [0.25, 0.3) is 0 Å². The minimum atomic E-state index is -3.02. The van der Waals surface area contributed by atoms with Crippen molar-refractivity contribution in [3.63, 3.8) is 0 Å². The lowest BCUT2D eigenvalue weighted by Gasteiger charge is -2.33. The second-order valence-electron chi connectivity index (χ2n) is 24.8. The van der Waals surface area contributed by atoms with E-state index in [1.807, 2.05) is 48.5 Å². The van der Waals surface area contributed by atoms with E-state index in [0.717, 1.165) is 0 Å². The third-order valence-electron chi connectivity index (χ3n) is 15.2. The summed E-state index contributed by atoms with van der Waals surface area (Å²) in [4.78, 5) is 175. The van der Waals surface area contributed by atoms with Crippen LogP contribution in [-0.4, -0.2) is 160 Å².